The van der Waals surface area contributed by atoms with Crippen LogP contribution in [-0.4, -0.2) is 37.8 Å². The van der Waals surface area contributed by atoms with E-state index >= 15 is 0 Å². The van der Waals surface area contributed by atoms with E-state index in [2.05, 4.69) is 144 Å². The lowest BCUT2D eigenvalue weighted by molar-refractivity contribution is 0.626. The van der Waals surface area contributed by atoms with E-state index < -0.39 is 29.7 Å². The molecule has 0 saturated heterocycles. The molecule has 0 unspecified atom stereocenters. The molecular weight excluding hydrogens is 465 g/mol. The van der Waals surface area contributed by atoms with E-state index in [4.69, 9.17) is 0 Å². The smallest absolute Gasteiger partial charge is 0.0294 e. The Kier molecular flexibility index (Phi) is 9.18. The number of hydrogen-bond donors (Lipinski definition) is 0. The van der Waals surface area contributed by atoms with E-state index in [0.717, 1.165) is 0 Å². The van der Waals surface area contributed by atoms with E-state index in [0.29, 0.717) is 30.2 Å². The van der Waals surface area contributed by atoms with E-state index in [1.165, 1.54) is 8.13 Å². The fourth-order valence-electron chi connectivity index (χ4n) is 6.25. The van der Waals surface area contributed by atoms with Crippen molar-refractivity contribution in [2.75, 3.05) is 0 Å². The minimum atomic E-state index is -1.69. The lowest BCUT2D eigenvalue weighted by Crippen LogP contribution is -2.75. The highest BCUT2D eigenvalue weighted by Crippen LogP contribution is 2.60. The van der Waals surface area contributed by atoms with Crippen LogP contribution in [0.25, 0.3) is 0 Å². The Bertz CT molecular complexity index is 607. The molecule has 0 aromatic rings. The summed E-state index contributed by atoms with van der Waals surface area (Å²) in [4.78, 5) is 0. The average molecular weight is 528 g/mol. The third-order valence-corrected chi connectivity index (χ3v) is 84.4. The van der Waals surface area contributed by atoms with Crippen molar-refractivity contribution in [3.8, 4) is 0 Å². The van der Waals surface area contributed by atoms with Crippen LogP contribution in [0, 0.1) is 0 Å². The van der Waals surface area contributed by atoms with Gasteiger partial charge in [-0.1, -0.05) is 154 Å². The standard InChI is InChI=1S/C27H63Si5/c1-22(2,3)30(19,23(4,5)6)28-29(31(20,24(7,8)9)25(10,11)12)32(21,26(13,14)15)27(16,17)18/h1-21H3/q-1. The highest BCUT2D eigenvalue weighted by atomic mass is 29.8. The maximum Gasteiger partial charge on any atom is 0.0294 e. The highest BCUT2D eigenvalue weighted by molar-refractivity contribution is 7.71. The van der Waals surface area contributed by atoms with Gasteiger partial charge in [0.1, 0.15) is 0 Å². The molecule has 0 heterocycles. The topological polar surface area (TPSA) is 0 Å². The predicted octanol–water partition coefficient (Wildman–Crippen LogP) is 10.4. The van der Waals surface area contributed by atoms with Gasteiger partial charge in [-0.2, -0.15) is 0 Å². The van der Waals surface area contributed by atoms with Gasteiger partial charge in [0.25, 0.3) is 0 Å². The first-order valence-corrected chi connectivity index (χ1v) is 27.0. The summed E-state index contributed by atoms with van der Waals surface area (Å²) in [5.74, 6) is 0. The SMILES string of the molecule is CC(C)(C)[Si](C)([Si-]=[Si]([Si](C)(C(C)(C)C)C(C)(C)C)[Si](C)(C(C)(C)C)C(C)(C)C)C(C)(C)C. The zero-order chi connectivity index (χ0) is 26.8. The molecule has 0 rings (SSSR count). The fourth-order valence-corrected chi connectivity index (χ4v) is 115. The second-order valence-corrected chi connectivity index (χ2v) is 55.1. The van der Waals surface area contributed by atoms with Gasteiger partial charge in [-0.15, -0.1) is 7.59 Å². The molecule has 0 radical (unpaired) electrons. The fraction of sp³-hybridized carbons (Fsp3) is 1.00. The molecule has 0 N–H and O–H groups in total. The van der Waals surface area contributed by atoms with Gasteiger partial charge in [0.2, 0.25) is 0 Å². The van der Waals surface area contributed by atoms with Crippen molar-refractivity contribution < 1.29 is 0 Å². The van der Waals surface area contributed by atoms with E-state index in [9.17, 15) is 0 Å². The second kappa shape index (κ2) is 8.88. The maximum absolute atomic E-state index is 2.89. The summed E-state index contributed by atoms with van der Waals surface area (Å²) >= 11 is 0. The summed E-state index contributed by atoms with van der Waals surface area (Å²) in [6, 6.07) is 0. The lowest BCUT2D eigenvalue weighted by Gasteiger charge is -2.69. The molecule has 0 fully saturated rings. The van der Waals surface area contributed by atoms with Crippen molar-refractivity contribution in [2.45, 2.75) is 174 Å². The molecule has 32 heavy (non-hydrogen) atoms. The van der Waals surface area contributed by atoms with Crippen LogP contribution in [0.3, 0.4) is 0 Å². The van der Waals surface area contributed by atoms with Gasteiger partial charge in [0.15, 0.2) is 0 Å². The Labute approximate surface area is 211 Å². The minimum absolute atomic E-state index is 0.419. The van der Waals surface area contributed by atoms with Crippen molar-refractivity contribution in [3.05, 3.63) is 0 Å². The van der Waals surface area contributed by atoms with Gasteiger partial charge >= 0.3 is 0 Å². The van der Waals surface area contributed by atoms with Crippen molar-refractivity contribution >= 4 is 37.8 Å². The van der Waals surface area contributed by atoms with Crippen LogP contribution in [0.2, 0.25) is 49.9 Å². The van der Waals surface area contributed by atoms with Crippen LogP contribution in [0.15, 0.2) is 0 Å². The Morgan fingerprint density at radius 1 is 0.375 bits per heavy atom. The van der Waals surface area contributed by atoms with Crippen LogP contribution in [-0.2, 0) is 0 Å². The van der Waals surface area contributed by atoms with Crippen molar-refractivity contribution in [1.29, 1.82) is 0 Å². The molecule has 0 aromatic heterocycles. The summed E-state index contributed by atoms with van der Waals surface area (Å²) in [5.41, 5.74) is 0. The molecule has 0 atom stereocenters. The van der Waals surface area contributed by atoms with E-state index in [-0.39, 0.29) is 0 Å². The molecule has 0 nitrogen and oxygen atoms in total. The van der Waals surface area contributed by atoms with Crippen LogP contribution < -0.4 is 0 Å². The van der Waals surface area contributed by atoms with Crippen LogP contribution in [0.1, 0.15) is 125 Å². The minimum Gasteiger partial charge on any atom is -0.461 e. The van der Waals surface area contributed by atoms with Crippen molar-refractivity contribution in [1.82, 2.24) is 0 Å². The third-order valence-electron chi connectivity index (χ3n) is 10.4. The summed E-state index contributed by atoms with van der Waals surface area (Å²) in [6.45, 7) is 55.1. The van der Waals surface area contributed by atoms with Crippen molar-refractivity contribution in [3.63, 3.8) is 0 Å². The molecule has 0 amide bonds. The second-order valence-electron chi connectivity index (χ2n) is 17.4. The Morgan fingerprint density at radius 2 is 0.562 bits per heavy atom. The summed E-state index contributed by atoms with van der Waals surface area (Å²) in [7, 11) is -3.76. The van der Waals surface area contributed by atoms with Gasteiger partial charge in [0.05, 0.1) is 0 Å². The van der Waals surface area contributed by atoms with Gasteiger partial charge < -0.3 is 8.13 Å². The Morgan fingerprint density at radius 3 is 0.688 bits per heavy atom. The Balaban J connectivity index is 8.27. The van der Waals surface area contributed by atoms with Crippen LogP contribution in [0.5, 0.6) is 0 Å². The largest absolute Gasteiger partial charge is 0.461 e. The third kappa shape index (κ3) is 5.41. The van der Waals surface area contributed by atoms with E-state index in [1.54, 1.807) is 0 Å². The molecule has 0 aliphatic carbocycles. The average Bonchev–Trinajstić information content (AvgIpc) is 2.43. The first kappa shape index (κ1) is 33.1. The first-order chi connectivity index (χ1) is 13.3. The van der Waals surface area contributed by atoms with Crippen molar-refractivity contribution in [2.24, 2.45) is 0 Å². The van der Waals surface area contributed by atoms with Gasteiger partial charge in [0, 0.05) is 15.2 Å². The summed E-state index contributed by atoms with van der Waals surface area (Å²) in [6.07, 6.45) is 0. The maximum atomic E-state index is 2.89. The van der Waals surface area contributed by atoms with Gasteiger partial charge in [-0.25, -0.2) is 6.93 Å². The molecule has 0 aromatic carbocycles. The quantitative estimate of drug-likeness (QED) is 0.320. The highest BCUT2D eigenvalue weighted by Gasteiger charge is 2.58. The van der Waals surface area contributed by atoms with E-state index in [1.807, 2.05) is 0 Å². The van der Waals surface area contributed by atoms with Gasteiger partial charge in [-0.3, -0.25) is 0 Å². The lowest BCUT2D eigenvalue weighted by atomic mass is 10.2. The zero-order valence-electron chi connectivity index (χ0n) is 26.5. The normalized spacial score (nSPS) is 16.3. The molecule has 0 spiro atoms. The molecule has 0 bridgehead atoms. The molecule has 5 heteroatoms. The zero-order valence-corrected chi connectivity index (χ0v) is 31.5. The van der Waals surface area contributed by atoms with Gasteiger partial charge in [-0.05, 0) is 20.2 Å². The predicted molar refractivity (Wildman–Crippen MR) is 165 cm³/mol. The number of hydrogen-bond acceptors (Lipinski definition) is 0. The number of rotatable bonds is 3. The summed E-state index contributed by atoms with van der Waals surface area (Å²) < 4.78 is 0. The molecule has 0 aliphatic rings. The molecule has 192 valence electrons. The van der Waals surface area contributed by atoms with Crippen LogP contribution in [0.4, 0.5) is 0 Å². The van der Waals surface area contributed by atoms with Crippen LogP contribution >= 0.6 is 0 Å². The molecular formula is C27H63Si5-. The first-order valence-electron chi connectivity index (χ1n) is 13.0. The molecule has 0 saturated carbocycles. The Hall–Kier alpha value is 1.08. The summed E-state index contributed by atoms with van der Waals surface area (Å²) in [5, 5.41) is 2.53. The monoisotopic (exact) mass is 527 g/mol. The molecule has 0 aliphatic heterocycles.